The summed E-state index contributed by atoms with van der Waals surface area (Å²) in [5.41, 5.74) is 0.512. The number of carboxylic acid groups (broad SMARTS) is 1. The Morgan fingerprint density at radius 1 is 1.35 bits per heavy atom. The van der Waals surface area contributed by atoms with Crippen LogP contribution in [0, 0.1) is 10.1 Å². The number of hydrogen-bond acceptors (Lipinski definition) is 7. The standard InChI is InChI=1S/C16H18N2O7S/c1-10(19)26-14-6-13(7-15(20)21)17(8-14)16(22)25-9-11-2-4-12(5-3-11)18(23)24/h2-5,13-14H,6-9H2,1H3,(H,20,21). The van der Waals surface area contributed by atoms with Crippen LogP contribution in [0.4, 0.5) is 10.5 Å². The Morgan fingerprint density at radius 3 is 2.54 bits per heavy atom. The van der Waals surface area contributed by atoms with Gasteiger partial charge in [-0.05, 0) is 24.1 Å². The van der Waals surface area contributed by atoms with Crippen molar-refractivity contribution in [1.82, 2.24) is 4.90 Å². The molecule has 2 atom stereocenters. The van der Waals surface area contributed by atoms with Crippen LogP contribution in [-0.4, -0.2) is 49.9 Å². The lowest BCUT2D eigenvalue weighted by Crippen LogP contribution is -2.37. The lowest BCUT2D eigenvalue weighted by molar-refractivity contribution is -0.384. The number of benzene rings is 1. The first kappa shape index (κ1) is 19.7. The number of hydrogen-bond donors (Lipinski definition) is 1. The molecular weight excluding hydrogens is 364 g/mol. The van der Waals surface area contributed by atoms with Crippen LogP contribution in [0.3, 0.4) is 0 Å². The summed E-state index contributed by atoms with van der Waals surface area (Å²) < 4.78 is 5.21. The lowest BCUT2D eigenvalue weighted by atomic mass is 10.1. The second-order valence-electron chi connectivity index (χ2n) is 5.85. The van der Waals surface area contributed by atoms with Crippen LogP contribution in [0.2, 0.25) is 0 Å². The number of non-ortho nitro benzene ring substituents is 1. The van der Waals surface area contributed by atoms with Gasteiger partial charge in [-0.15, -0.1) is 0 Å². The van der Waals surface area contributed by atoms with Gasteiger partial charge in [0.1, 0.15) is 6.61 Å². The predicted octanol–water partition coefficient (Wildman–Crippen LogP) is 2.43. The van der Waals surface area contributed by atoms with E-state index in [-0.39, 0.29) is 35.6 Å². The number of nitro benzene ring substituents is 1. The summed E-state index contributed by atoms with van der Waals surface area (Å²) in [7, 11) is 0. The Kier molecular flexibility index (Phi) is 6.56. The molecule has 140 valence electrons. The molecule has 2 rings (SSSR count). The minimum atomic E-state index is -1.03. The van der Waals surface area contributed by atoms with Crippen LogP contribution in [0.15, 0.2) is 24.3 Å². The maximum absolute atomic E-state index is 12.3. The molecule has 0 aromatic heterocycles. The normalized spacial score (nSPS) is 19.2. The van der Waals surface area contributed by atoms with E-state index in [1.165, 1.54) is 36.1 Å². The van der Waals surface area contributed by atoms with E-state index < -0.39 is 23.0 Å². The number of rotatable bonds is 6. The summed E-state index contributed by atoms with van der Waals surface area (Å²) >= 11 is 1.09. The minimum absolute atomic E-state index is 0.0646. The summed E-state index contributed by atoms with van der Waals surface area (Å²) in [6.45, 7) is 1.57. The average Bonchev–Trinajstić information content (AvgIpc) is 2.93. The van der Waals surface area contributed by atoms with Gasteiger partial charge in [0, 0.05) is 36.9 Å². The topological polar surface area (TPSA) is 127 Å². The molecule has 1 amide bonds. The van der Waals surface area contributed by atoms with Crippen molar-refractivity contribution in [1.29, 1.82) is 0 Å². The fourth-order valence-electron chi connectivity index (χ4n) is 2.75. The number of nitro groups is 1. The molecule has 0 aliphatic carbocycles. The first-order valence-corrected chi connectivity index (χ1v) is 8.70. The molecule has 0 radical (unpaired) electrons. The molecule has 1 aromatic carbocycles. The zero-order valence-electron chi connectivity index (χ0n) is 14.0. The van der Waals surface area contributed by atoms with Crippen molar-refractivity contribution in [3.05, 3.63) is 39.9 Å². The van der Waals surface area contributed by atoms with Gasteiger partial charge in [0.05, 0.1) is 11.3 Å². The fourth-order valence-corrected chi connectivity index (χ4v) is 3.78. The van der Waals surface area contributed by atoms with E-state index in [1.807, 2.05) is 0 Å². The predicted molar refractivity (Wildman–Crippen MR) is 92.7 cm³/mol. The zero-order valence-corrected chi connectivity index (χ0v) is 14.8. The van der Waals surface area contributed by atoms with Crippen molar-refractivity contribution >= 4 is 34.6 Å². The van der Waals surface area contributed by atoms with Crippen LogP contribution in [-0.2, 0) is 20.9 Å². The molecule has 9 nitrogen and oxygen atoms in total. The summed E-state index contributed by atoms with van der Waals surface area (Å²) in [4.78, 5) is 46.0. The van der Waals surface area contributed by atoms with E-state index in [9.17, 15) is 24.5 Å². The van der Waals surface area contributed by atoms with Gasteiger partial charge in [-0.25, -0.2) is 4.79 Å². The molecule has 10 heteroatoms. The van der Waals surface area contributed by atoms with Crippen LogP contribution in [0.1, 0.15) is 25.3 Å². The third-order valence-corrected chi connectivity index (χ3v) is 4.87. The zero-order chi connectivity index (χ0) is 19.3. The van der Waals surface area contributed by atoms with E-state index >= 15 is 0 Å². The van der Waals surface area contributed by atoms with Crippen molar-refractivity contribution in [3.8, 4) is 0 Å². The number of thioether (sulfide) groups is 1. The maximum atomic E-state index is 12.3. The highest BCUT2D eigenvalue weighted by Gasteiger charge is 2.38. The monoisotopic (exact) mass is 382 g/mol. The van der Waals surface area contributed by atoms with Gasteiger partial charge >= 0.3 is 12.1 Å². The number of nitrogens with zero attached hydrogens (tertiary/aromatic N) is 2. The smallest absolute Gasteiger partial charge is 0.410 e. The van der Waals surface area contributed by atoms with Crippen LogP contribution < -0.4 is 0 Å². The molecular formula is C16H18N2O7S. The summed E-state index contributed by atoms with van der Waals surface area (Å²) in [6, 6.07) is 5.06. The molecule has 1 heterocycles. The fraction of sp³-hybridized carbons (Fsp3) is 0.438. The van der Waals surface area contributed by atoms with Crippen molar-refractivity contribution in [3.63, 3.8) is 0 Å². The maximum Gasteiger partial charge on any atom is 0.410 e. The Balaban J connectivity index is 1.97. The van der Waals surface area contributed by atoms with Gasteiger partial charge in [0.2, 0.25) is 0 Å². The molecule has 1 N–H and O–H groups in total. The van der Waals surface area contributed by atoms with E-state index in [2.05, 4.69) is 0 Å². The minimum Gasteiger partial charge on any atom is -0.481 e. The van der Waals surface area contributed by atoms with Gasteiger partial charge < -0.3 is 14.7 Å². The summed E-state index contributed by atoms with van der Waals surface area (Å²) in [5, 5.41) is 19.4. The SMILES string of the molecule is CC(=O)SC1CC(CC(=O)O)N(C(=O)OCc2ccc([N+](=O)[O-])cc2)C1. The largest absolute Gasteiger partial charge is 0.481 e. The second-order valence-corrected chi connectivity index (χ2v) is 7.33. The molecule has 1 aliphatic rings. The van der Waals surface area contributed by atoms with Crippen molar-refractivity contribution in [2.24, 2.45) is 0 Å². The number of carbonyl (C=O) groups excluding carboxylic acids is 2. The number of likely N-dealkylation sites (tertiary alicyclic amines) is 1. The van der Waals surface area contributed by atoms with Crippen LogP contribution in [0.25, 0.3) is 0 Å². The van der Waals surface area contributed by atoms with Gasteiger partial charge in [0.25, 0.3) is 5.69 Å². The highest BCUT2D eigenvalue weighted by atomic mass is 32.2. The van der Waals surface area contributed by atoms with Gasteiger partial charge in [-0.2, -0.15) is 0 Å². The molecule has 1 aliphatic heterocycles. The molecule has 26 heavy (non-hydrogen) atoms. The molecule has 1 aromatic rings. The Hall–Kier alpha value is -2.62. The average molecular weight is 382 g/mol. The van der Waals surface area contributed by atoms with Gasteiger partial charge in [-0.1, -0.05) is 11.8 Å². The molecule has 2 unspecified atom stereocenters. The van der Waals surface area contributed by atoms with Crippen LogP contribution in [0.5, 0.6) is 0 Å². The summed E-state index contributed by atoms with van der Waals surface area (Å²) in [5.74, 6) is -1.03. The molecule has 1 saturated heterocycles. The number of carboxylic acids is 1. The van der Waals surface area contributed by atoms with Gasteiger partial charge in [0.15, 0.2) is 5.12 Å². The molecule has 0 bridgehead atoms. The van der Waals surface area contributed by atoms with E-state index in [1.54, 1.807) is 0 Å². The molecule has 1 fully saturated rings. The number of amides is 1. The van der Waals surface area contributed by atoms with E-state index in [0.29, 0.717) is 12.0 Å². The first-order valence-electron chi connectivity index (χ1n) is 7.82. The quantitative estimate of drug-likeness (QED) is 0.587. The molecule has 0 spiro atoms. The number of aliphatic carboxylic acids is 1. The van der Waals surface area contributed by atoms with Crippen LogP contribution >= 0.6 is 11.8 Å². The Labute approximate surface area is 153 Å². The number of carbonyl (C=O) groups is 3. The Morgan fingerprint density at radius 2 is 2.00 bits per heavy atom. The first-order chi connectivity index (χ1) is 12.3. The highest BCUT2D eigenvalue weighted by Crippen LogP contribution is 2.30. The highest BCUT2D eigenvalue weighted by molar-refractivity contribution is 8.14. The second kappa shape index (κ2) is 8.65. The Bertz CT molecular complexity index is 707. The van der Waals surface area contributed by atoms with Crippen molar-refractivity contribution in [2.45, 2.75) is 37.7 Å². The van der Waals surface area contributed by atoms with Gasteiger partial charge in [-0.3, -0.25) is 19.7 Å². The summed E-state index contributed by atoms with van der Waals surface area (Å²) in [6.07, 6.45) is -0.480. The lowest BCUT2D eigenvalue weighted by Gasteiger charge is -2.22. The third kappa shape index (κ3) is 5.45. The number of ether oxygens (including phenoxy) is 1. The molecule has 0 saturated carbocycles. The van der Waals surface area contributed by atoms with Crippen molar-refractivity contribution in [2.75, 3.05) is 6.54 Å². The van der Waals surface area contributed by atoms with E-state index in [0.717, 1.165) is 11.8 Å². The van der Waals surface area contributed by atoms with E-state index in [4.69, 9.17) is 9.84 Å². The third-order valence-electron chi connectivity index (χ3n) is 3.86. The van der Waals surface area contributed by atoms with Crippen molar-refractivity contribution < 1.29 is 29.2 Å².